The van der Waals surface area contributed by atoms with Crippen LogP contribution in [-0.4, -0.2) is 13.1 Å². The highest BCUT2D eigenvalue weighted by Gasteiger charge is 2.08. The monoisotopic (exact) mass is 271 g/mol. The standard InChI is InChI=1S/C16H17NO3/c1-19-15-11-13(8-9-14(15)17)20-16(18)10-7-12-5-3-2-4-6-12/h2-6,8-9,11H,7,10,17H2,1H3. The number of nitrogens with two attached hydrogens (primary N) is 1. The normalized spacial score (nSPS) is 10.1. The lowest BCUT2D eigenvalue weighted by atomic mass is 10.1. The molecule has 0 radical (unpaired) electrons. The van der Waals surface area contributed by atoms with Crippen LogP contribution in [0.3, 0.4) is 0 Å². The molecular formula is C16H17NO3. The SMILES string of the molecule is COc1cc(OC(=O)CCc2ccccc2)ccc1N. The smallest absolute Gasteiger partial charge is 0.311 e. The highest BCUT2D eigenvalue weighted by Crippen LogP contribution is 2.26. The second-order valence-corrected chi connectivity index (χ2v) is 4.36. The van der Waals surface area contributed by atoms with Crippen molar-refractivity contribution in [1.29, 1.82) is 0 Å². The van der Waals surface area contributed by atoms with Gasteiger partial charge in [0.15, 0.2) is 0 Å². The molecule has 0 saturated heterocycles. The Kier molecular flexibility index (Phi) is 4.60. The van der Waals surface area contributed by atoms with Gasteiger partial charge >= 0.3 is 5.97 Å². The van der Waals surface area contributed by atoms with Crippen molar-refractivity contribution in [2.75, 3.05) is 12.8 Å². The number of nitrogen functional groups attached to an aromatic ring is 1. The zero-order valence-electron chi connectivity index (χ0n) is 11.3. The van der Waals surface area contributed by atoms with Crippen LogP contribution in [0.4, 0.5) is 5.69 Å². The van der Waals surface area contributed by atoms with E-state index < -0.39 is 0 Å². The van der Waals surface area contributed by atoms with Gasteiger partial charge in [0.1, 0.15) is 11.5 Å². The van der Waals surface area contributed by atoms with Crippen LogP contribution in [0.1, 0.15) is 12.0 Å². The number of rotatable bonds is 5. The van der Waals surface area contributed by atoms with Gasteiger partial charge in [-0.15, -0.1) is 0 Å². The van der Waals surface area contributed by atoms with Gasteiger partial charge in [-0.2, -0.15) is 0 Å². The van der Waals surface area contributed by atoms with Gasteiger partial charge in [0.25, 0.3) is 0 Å². The van der Waals surface area contributed by atoms with Crippen LogP contribution in [0.2, 0.25) is 0 Å². The maximum atomic E-state index is 11.8. The average molecular weight is 271 g/mol. The first kappa shape index (κ1) is 13.9. The number of carbonyl (C=O) groups is 1. The number of aryl methyl sites for hydroxylation is 1. The van der Waals surface area contributed by atoms with Gasteiger partial charge in [-0.1, -0.05) is 30.3 Å². The summed E-state index contributed by atoms with van der Waals surface area (Å²) in [5.74, 6) is 0.660. The average Bonchev–Trinajstić information content (AvgIpc) is 2.48. The number of esters is 1. The summed E-state index contributed by atoms with van der Waals surface area (Å²) in [6, 6.07) is 14.7. The molecule has 0 aliphatic carbocycles. The van der Waals surface area contributed by atoms with E-state index in [4.69, 9.17) is 15.2 Å². The minimum atomic E-state index is -0.277. The molecule has 0 fully saturated rings. The maximum absolute atomic E-state index is 11.8. The Balaban J connectivity index is 1.91. The van der Waals surface area contributed by atoms with Crippen molar-refractivity contribution in [2.45, 2.75) is 12.8 Å². The Bertz CT molecular complexity index is 582. The molecule has 2 rings (SSSR count). The highest BCUT2D eigenvalue weighted by molar-refractivity contribution is 5.73. The summed E-state index contributed by atoms with van der Waals surface area (Å²) >= 11 is 0. The summed E-state index contributed by atoms with van der Waals surface area (Å²) in [7, 11) is 1.52. The summed E-state index contributed by atoms with van der Waals surface area (Å²) in [4.78, 5) is 11.8. The van der Waals surface area contributed by atoms with Crippen LogP contribution < -0.4 is 15.2 Å². The first-order valence-corrected chi connectivity index (χ1v) is 6.37. The first-order chi connectivity index (χ1) is 9.69. The van der Waals surface area contributed by atoms with Crippen LogP contribution in [0, 0.1) is 0 Å². The van der Waals surface area contributed by atoms with Gasteiger partial charge in [-0.25, -0.2) is 0 Å². The van der Waals surface area contributed by atoms with E-state index in [0.717, 1.165) is 5.56 Å². The van der Waals surface area contributed by atoms with Crippen LogP contribution in [0.5, 0.6) is 11.5 Å². The topological polar surface area (TPSA) is 61.5 Å². The van der Waals surface area contributed by atoms with Gasteiger partial charge < -0.3 is 15.2 Å². The van der Waals surface area contributed by atoms with E-state index in [9.17, 15) is 4.79 Å². The zero-order chi connectivity index (χ0) is 14.4. The van der Waals surface area contributed by atoms with Crippen molar-refractivity contribution < 1.29 is 14.3 Å². The number of ether oxygens (including phenoxy) is 2. The molecule has 0 saturated carbocycles. The van der Waals surface area contributed by atoms with Crippen LogP contribution >= 0.6 is 0 Å². The summed E-state index contributed by atoms with van der Waals surface area (Å²) in [5.41, 5.74) is 7.32. The summed E-state index contributed by atoms with van der Waals surface area (Å²) in [5, 5.41) is 0. The fraction of sp³-hybridized carbons (Fsp3) is 0.188. The molecule has 0 aromatic heterocycles. The second-order valence-electron chi connectivity index (χ2n) is 4.36. The fourth-order valence-corrected chi connectivity index (χ4v) is 1.83. The molecule has 0 atom stereocenters. The number of hydrogen-bond donors (Lipinski definition) is 1. The molecule has 4 heteroatoms. The quantitative estimate of drug-likeness (QED) is 0.516. The third-order valence-corrected chi connectivity index (χ3v) is 2.90. The van der Waals surface area contributed by atoms with E-state index in [1.807, 2.05) is 30.3 Å². The van der Waals surface area contributed by atoms with Gasteiger partial charge in [0, 0.05) is 12.5 Å². The van der Waals surface area contributed by atoms with Crippen molar-refractivity contribution in [3.8, 4) is 11.5 Å². The molecule has 0 unspecified atom stereocenters. The number of anilines is 1. The molecule has 0 heterocycles. The molecule has 104 valence electrons. The van der Waals surface area contributed by atoms with Gasteiger partial charge in [-0.05, 0) is 24.1 Å². The van der Waals surface area contributed by atoms with E-state index in [1.54, 1.807) is 18.2 Å². The molecule has 0 spiro atoms. The molecule has 0 bridgehead atoms. The number of benzene rings is 2. The Morgan fingerprint density at radius 2 is 1.90 bits per heavy atom. The van der Waals surface area contributed by atoms with Crippen molar-refractivity contribution >= 4 is 11.7 Å². The van der Waals surface area contributed by atoms with E-state index in [2.05, 4.69) is 0 Å². The predicted octanol–water partition coefficient (Wildman–Crippen LogP) is 2.82. The van der Waals surface area contributed by atoms with Crippen molar-refractivity contribution in [1.82, 2.24) is 0 Å². The minimum Gasteiger partial charge on any atom is -0.494 e. The summed E-state index contributed by atoms with van der Waals surface area (Å²) < 4.78 is 10.3. The number of carbonyl (C=O) groups excluding carboxylic acids is 1. The van der Waals surface area contributed by atoms with Crippen molar-refractivity contribution in [3.63, 3.8) is 0 Å². The van der Waals surface area contributed by atoms with E-state index in [1.165, 1.54) is 7.11 Å². The third kappa shape index (κ3) is 3.75. The van der Waals surface area contributed by atoms with Gasteiger partial charge in [0.05, 0.1) is 12.8 Å². The van der Waals surface area contributed by atoms with Crippen LogP contribution in [-0.2, 0) is 11.2 Å². The molecule has 2 aromatic rings. The second kappa shape index (κ2) is 6.61. The molecule has 2 N–H and O–H groups in total. The third-order valence-electron chi connectivity index (χ3n) is 2.90. The maximum Gasteiger partial charge on any atom is 0.311 e. The molecule has 4 nitrogen and oxygen atoms in total. The number of hydrogen-bond acceptors (Lipinski definition) is 4. The summed E-state index contributed by atoms with van der Waals surface area (Å²) in [6.45, 7) is 0. The van der Waals surface area contributed by atoms with Crippen molar-refractivity contribution in [3.05, 3.63) is 54.1 Å². The lowest BCUT2D eigenvalue weighted by molar-refractivity contribution is -0.134. The largest absolute Gasteiger partial charge is 0.494 e. The molecular weight excluding hydrogens is 254 g/mol. The Morgan fingerprint density at radius 3 is 2.60 bits per heavy atom. The fourth-order valence-electron chi connectivity index (χ4n) is 1.83. The number of methoxy groups -OCH3 is 1. The predicted molar refractivity (Wildman–Crippen MR) is 77.8 cm³/mol. The van der Waals surface area contributed by atoms with Crippen LogP contribution in [0.15, 0.2) is 48.5 Å². The highest BCUT2D eigenvalue weighted by atomic mass is 16.5. The van der Waals surface area contributed by atoms with Gasteiger partial charge in [-0.3, -0.25) is 4.79 Å². The zero-order valence-corrected chi connectivity index (χ0v) is 11.3. The first-order valence-electron chi connectivity index (χ1n) is 6.37. The minimum absolute atomic E-state index is 0.277. The Morgan fingerprint density at radius 1 is 1.15 bits per heavy atom. The Labute approximate surface area is 118 Å². The Hall–Kier alpha value is -2.49. The van der Waals surface area contributed by atoms with Crippen LogP contribution in [0.25, 0.3) is 0 Å². The molecule has 0 aliphatic rings. The van der Waals surface area contributed by atoms with Gasteiger partial charge in [0.2, 0.25) is 0 Å². The molecule has 20 heavy (non-hydrogen) atoms. The lowest BCUT2D eigenvalue weighted by Crippen LogP contribution is -2.09. The van der Waals surface area contributed by atoms with E-state index >= 15 is 0 Å². The lowest BCUT2D eigenvalue weighted by Gasteiger charge is -2.08. The summed E-state index contributed by atoms with van der Waals surface area (Å²) in [6.07, 6.45) is 0.989. The van der Waals surface area contributed by atoms with E-state index in [0.29, 0.717) is 30.0 Å². The molecule has 2 aromatic carbocycles. The van der Waals surface area contributed by atoms with E-state index in [-0.39, 0.29) is 5.97 Å². The molecule has 0 aliphatic heterocycles. The van der Waals surface area contributed by atoms with Crippen molar-refractivity contribution in [2.24, 2.45) is 0 Å². The molecule has 0 amide bonds.